The lowest BCUT2D eigenvalue weighted by molar-refractivity contribution is -0.384. The van der Waals surface area contributed by atoms with Crippen molar-refractivity contribution < 1.29 is 14.8 Å². The summed E-state index contributed by atoms with van der Waals surface area (Å²) in [6.45, 7) is 0.714. The number of aliphatic hydroxyl groups excluding tert-OH is 1. The van der Waals surface area contributed by atoms with E-state index in [0.29, 0.717) is 13.0 Å². The van der Waals surface area contributed by atoms with Gasteiger partial charge in [-0.3, -0.25) is 14.9 Å². The van der Waals surface area contributed by atoms with Gasteiger partial charge in [0.05, 0.1) is 11.0 Å². The van der Waals surface area contributed by atoms with E-state index in [1.165, 1.54) is 17.0 Å². The monoisotopic (exact) mass is 270 g/mol. The van der Waals surface area contributed by atoms with Crippen LogP contribution < -0.4 is 0 Å². The number of likely N-dealkylation sites (tertiary alicyclic amines) is 1. The smallest absolute Gasteiger partial charge is 0.288 e. The highest BCUT2D eigenvalue weighted by atomic mass is 35.5. The molecule has 1 saturated heterocycles. The number of hydrogen-bond donors (Lipinski definition) is 1. The molecule has 0 unspecified atom stereocenters. The Bertz CT molecular complexity index is 506. The number of benzene rings is 1. The van der Waals surface area contributed by atoms with E-state index >= 15 is 0 Å². The van der Waals surface area contributed by atoms with Crippen molar-refractivity contribution in [1.29, 1.82) is 0 Å². The zero-order chi connectivity index (χ0) is 13.3. The second-order valence-electron chi connectivity index (χ2n) is 4.12. The Kier molecular flexibility index (Phi) is 3.49. The molecule has 96 valence electrons. The Morgan fingerprint density at radius 2 is 2.28 bits per heavy atom. The lowest BCUT2D eigenvalue weighted by Gasteiger charge is -2.15. The van der Waals surface area contributed by atoms with Gasteiger partial charge in [0, 0.05) is 24.7 Å². The molecule has 0 aromatic heterocycles. The first kappa shape index (κ1) is 12.8. The number of halogens is 1. The summed E-state index contributed by atoms with van der Waals surface area (Å²) >= 11 is 5.67. The second kappa shape index (κ2) is 4.91. The SMILES string of the molecule is O=C(c1ccc(Cl)c([N+](=O)[O-])c1)N1CC[C@@H](O)C1. The highest BCUT2D eigenvalue weighted by molar-refractivity contribution is 6.32. The molecule has 1 aliphatic heterocycles. The summed E-state index contributed by atoms with van der Waals surface area (Å²) in [6.07, 6.45) is 0.0118. The number of hydrogen-bond acceptors (Lipinski definition) is 4. The molecule has 0 radical (unpaired) electrons. The first-order chi connectivity index (χ1) is 8.49. The van der Waals surface area contributed by atoms with Crippen LogP contribution in [0.25, 0.3) is 0 Å². The van der Waals surface area contributed by atoms with Crippen LogP contribution in [0, 0.1) is 10.1 Å². The van der Waals surface area contributed by atoms with Crippen LogP contribution in [0.3, 0.4) is 0 Å². The van der Waals surface area contributed by atoms with Crippen molar-refractivity contribution in [2.45, 2.75) is 12.5 Å². The predicted octanol–water partition coefficient (Wildman–Crippen LogP) is 1.45. The molecule has 1 heterocycles. The molecular weight excluding hydrogens is 260 g/mol. The van der Waals surface area contributed by atoms with E-state index in [0.717, 1.165) is 6.07 Å². The first-order valence-electron chi connectivity index (χ1n) is 5.40. The van der Waals surface area contributed by atoms with Crippen molar-refractivity contribution in [3.05, 3.63) is 38.9 Å². The quantitative estimate of drug-likeness (QED) is 0.651. The van der Waals surface area contributed by atoms with Gasteiger partial charge < -0.3 is 10.0 Å². The largest absolute Gasteiger partial charge is 0.391 e. The van der Waals surface area contributed by atoms with Gasteiger partial charge in [-0.05, 0) is 18.6 Å². The summed E-state index contributed by atoms with van der Waals surface area (Å²) in [5, 5.41) is 20.1. The van der Waals surface area contributed by atoms with E-state index in [1.54, 1.807) is 0 Å². The normalized spacial score (nSPS) is 19.0. The fourth-order valence-corrected chi connectivity index (χ4v) is 2.08. The van der Waals surface area contributed by atoms with Crippen LogP contribution in [-0.2, 0) is 0 Å². The summed E-state index contributed by atoms with van der Waals surface area (Å²) in [6, 6.07) is 3.94. The number of rotatable bonds is 2. The molecule has 0 aliphatic carbocycles. The van der Waals surface area contributed by atoms with Crippen molar-refractivity contribution in [3.63, 3.8) is 0 Å². The van der Waals surface area contributed by atoms with Crippen LogP contribution in [0.2, 0.25) is 5.02 Å². The molecule has 1 aromatic rings. The third-order valence-electron chi connectivity index (χ3n) is 2.84. The maximum absolute atomic E-state index is 12.0. The van der Waals surface area contributed by atoms with Gasteiger partial charge in [-0.25, -0.2) is 0 Å². The van der Waals surface area contributed by atoms with Gasteiger partial charge in [-0.1, -0.05) is 11.6 Å². The standard InChI is InChI=1S/C11H11ClN2O4/c12-9-2-1-7(5-10(9)14(17)18)11(16)13-4-3-8(15)6-13/h1-2,5,8,15H,3-4,6H2/t8-/m1/s1. The van der Waals surface area contributed by atoms with Gasteiger partial charge in [-0.2, -0.15) is 0 Å². The molecule has 1 atom stereocenters. The average molecular weight is 271 g/mol. The lowest BCUT2D eigenvalue weighted by Crippen LogP contribution is -2.29. The van der Waals surface area contributed by atoms with Crippen LogP contribution in [0.1, 0.15) is 16.8 Å². The van der Waals surface area contributed by atoms with E-state index in [4.69, 9.17) is 11.6 Å². The van der Waals surface area contributed by atoms with Gasteiger partial charge >= 0.3 is 0 Å². The lowest BCUT2D eigenvalue weighted by atomic mass is 10.2. The number of β-amino-alcohol motifs (C(OH)–C–C–N with tert-alkyl or cyclic N) is 1. The topological polar surface area (TPSA) is 83.7 Å². The highest BCUT2D eigenvalue weighted by Gasteiger charge is 2.26. The summed E-state index contributed by atoms with van der Waals surface area (Å²) in [4.78, 5) is 23.6. The Labute approximate surface area is 108 Å². The van der Waals surface area contributed by atoms with E-state index in [2.05, 4.69) is 0 Å². The molecule has 0 spiro atoms. The number of nitro groups is 1. The van der Waals surface area contributed by atoms with Gasteiger partial charge in [-0.15, -0.1) is 0 Å². The molecule has 1 aromatic carbocycles. The van der Waals surface area contributed by atoms with Crippen molar-refractivity contribution >= 4 is 23.2 Å². The fraction of sp³-hybridized carbons (Fsp3) is 0.364. The zero-order valence-electron chi connectivity index (χ0n) is 9.38. The van der Waals surface area contributed by atoms with E-state index < -0.39 is 11.0 Å². The molecule has 2 rings (SSSR count). The number of nitrogens with zero attached hydrogens (tertiary/aromatic N) is 2. The molecular formula is C11H11ClN2O4. The van der Waals surface area contributed by atoms with Crippen LogP contribution in [0.5, 0.6) is 0 Å². The molecule has 7 heteroatoms. The van der Waals surface area contributed by atoms with Crippen molar-refractivity contribution in [2.24, 2.45) is 0 Å². The Morgan fingerprint density at radius 1 is 1.56 bits per heavy atom. The zero-order valence-corrected chi connectivity index (χ0v) is 10.1. The van der Waals surface area contributed by atoms with Gasteiger partial charge in [0.1, 0.15) is 5.02 Å². The first-order valence-corrected chi connectivity index (χ1v) is 5.78. The van der Waals surface area contributed by atoms with Crippen LogP contribution in [0.15, 0.2) is 18.2 Å². The third-order valence-corrected chi connectivity index (χ3v) is 3.16. The third kappa shape index (κ3) is 2.44. The maximum atomic E-state index is 12.0. The van der Waals surface area contributed by atoms with Crippen molar-refractivity contribution in [1.82, 2.24) is 4.90 Å². The van der Waals surface area contributed by atoms with E-state index in [9.17, 15) is 20.0 Å². The Morgan fingerprint density at radius 3 is 2.83 bits per heavy atom. The number of carbonyl (C=O) groups excluding carboxylic acids is 1. The molecule has 6 nitrogen and oxygen atoms in total. The number of amides is 1. The molecule has 18 heavy (non-hydrogen) atoms. The van der Waals surface area contributed by atoms with Crippen LogP contribution in [-0.4, -0.2) is 40.0 Å². The average Bonchev–Trinajstić information content (AvgIpc) is 2.75. The van der Waals surface area contributed by atoms with Gasteiger partial charge in [0.25, 0.3) is 11.6 Å². The number of nitro benzene ring substituents is 1. The van der Waals surface area contributed by atoms with Crippen molar-refractivity contribution in [2.75, 3.05) is 13.1 Å². The second-order valence-corrected chi connectivity index (χ2v) is 4.52. The summed E-state index contributed by atoms with van der Waals surface area (Å²) < 4.78 is 0. The minimum atomic E-state index is -0.627. The van der Waals surface area contributed by atoms with E-state index in [-0.39, 0.29) is 28.7 Å². The molecule has 1 fully saturated rings. The highest BCUT2D eigenvalue weighted by Crippen LogP contribution is 2.26. The van der Waals surface area contributed by atoms with Gasteiger partial charge in [0.2, 0.25) is 0 Å². The molecule has 1 aliphatic rings. The van der Waals surface area contributed by atoms with Crippen molar-refractivity contribution in [3.8, 4) is 0 Å². The Hall–Kier alpha value is -1.66. The van der Waals surface area contributed by atoms with E-state index in [1.807, 2.05) is 0 Å². The molecule has 0 bridgehead atoms. The van der Waals surface area contributed by atoms with Crippen LogP contribution in [0.4, 0.5) is 5.69 Å². The maximum Gasteiger partial charge on any atom is 0.288 e. The summed E-state index contributed by atoms with van der Waals surface area (Å²) in [7, 11) is 0. The molecule has 0 saturated carbocycles. The minimum absolute atomic E-state index is 0.00185. The minimum Gasteiger partial charge on any atom is -0.391 e. The molecule has 1 N–H and O–H groups in total. The number of carbonyl (C=O) groups is 1. The number of aliphatic hydroxyl groups is 1. The Balaban J connectivity index is 2.26. The molecule has 1 amide bonds. The van der Waals surface area contributed by atoms with Crippen LogP contribution >= 0.6 is 11.6 Å². The summed E-state index contributed by atoms with van der Waals surface area (Å²) in [5.74, 6) is -0.327. The predicted molar refractivity (Wildman–Crippen MR) is 64.6 cm³/mol. The fourth-order valence-electron chi connectivity index (χ4n) is 1.89. The van der Waals surface area contributed by atoms with Gasteiger partial charge in [0.15, 0.2) is 0 Å². The summed E-state index contributed by atoms with van der Waals surface area (Å²) in [5.41, 5.74) is -0.0811.